The van der Waals surface area contributed by atoms with Gasteiger partial charge in [-0.05, 0) is 27.7 Å². The molecule has 0 aliphatic carbocycles. The molecule has 0 bridgehead atoms. The van der Waals surface area contributed by atoms with Crippen LogP contribution < -0.4 is 11.1 Å². The van der Waals surface area contributed by atoms with Crippen LogP contribution in [-0.4, -0.2) is 42.3 Å². The van der Waals surface area contributed by atoms with Crippen LogP contribution in [0, 0.1) is 0 Å². The number of amides is 2. The van der Waals surface area contributed by atoms with Gasteiger partial charge in [0.05, 0.1) is 6.04 Å². The summed E-state index contributed by atoms with van der Waals surface area (Å²) in [7, 11) is 0. The average molecular weight is 333 g/mol. The van der Waals surface area contributed by atoms with Gasteiger partial charge in [-0.2, -0.15) is 9.78 Å². The van der Waals surface area contributed by atoms with E-state index in [0.29, 0.717) is 11.6 Å². The Morgan fingerprint density at radius 3 is 2.58 bits per heavy atom. The van der Waals surface area contributed by atoms with E-state index in [4.69, 9.17) is 10.5 Å². The van der Waals surface area contributed by atoms with E-state index in [1.807, 2.05) is 0 Å². The molecule has 0 aromatic carbocycles. The standard InChI is InChI=1S/C14H19N7O3/c1-8(20-13(23)24-14(2,3)4)12-18-7-19-21(12)10-5-9(11(15)22)16-6-17-10/h5-8H,1-4H3,(H2,15,22)(H,20,23). The van der Waals surface area contributed by atoms with Gasteiger partial charge in [0.1, 0.15) is 23.9 Å². The number of carbonyl (C=O) groups excluding carboxylic acids is 2. The zero-order valence-electron chi connectivity index (χ0n) is 13.8. The van der Waals surface area contributed by atoms with E-state index in [9.17, 15) is 9.59 Å². The SMILES string of the molecule is CC(NC(=O)OC(C)(C)C)c1ncnn1-c1cc(C(N)=O)ncn1. The van der Waals surface area contributed by atoms with Crippen molar-refractivity contribution in [2.24, 2.45) is 5.73 Å². The minimum absolute atomic E-state index is 0.0502. The second-order valence-electron chi connectivity index (χ2n) is 6.02. The fraction of sp³-hybridized carbons (Fsp3) is 0.429. The van der Waals surface area contributed by atoms with Crippen LogP contribution in [0.5, 0.6) is 0 Å². The van der Waals surface area contributed by atoms with Crippen LogP contribution in [0.1, 0.15) is 50.0 Å². The van der Waals surface area contributed by atoms with Crippen LogP contribution in [0.15, 0.2) is 18.7 Å². The highest BCUT2D eigenvalue weighted by molar-refractivity contribution is 5.90. The summed E-state index contributed by atoms with van der Waals surface area (Å²) in [6.45, 7) is 7.03. The molecule has 2 rings (SSSR count). The number of aromatic nitrogens is 5. The van der Waals surface area contributed by atoms with E-state index >= 15 is 0 Å². The highest BCUT2D eigenvalue weighted by Gasteiger charge is 2.22. The van der Waals surface area contributed by atoms with Crippen molar-refractivity contribution < 1.29 is 14.3 Å². The number of nitrogens with one attached hydrogen (secondary N) is 1. The summed E-state index contributed by atoms with van der Waals surface area (Å²) in [6, 6.07) is 0.884. The summed E-state index contributed by atoms with van der Waals surface area (Å²) in [6.07, 6.45) is 1.94. The molecule has 1 atom stereocenters. The minimum atomic E-state index is -0.680. The molecule has 2 aromatic heterocycles. The number of carbonyl (C=O) groups is 2. The Hall–Kier alpha value is -3.04. The third-order valence-corrected chi connectivity index (χ3v) is 2.82. The van der Waals surface area contributed by atoms with Gasteiger partial charge in [-0.3, -0.25) is 4.79 Å². The zero-order chi connectivity index (χ0) is 17.9. The lowest BCUT2D eigenvalue weighted by Crippen LogP contribution is -2.35. The first-order valence-electron chi connectivity index (χ1n) is 7.19. The van der Waals surface area contributed by atoms with Crippen molar-refractivity contribution in [3.05, 3.63) is 30.2 Å². The normalized spacial score (nSPS) is 12.5. The molecule has 128 valence electrons. The summed E-state index contributed by atoms with van der Waals surface area (Å²) >= 11 is 0. The number of hydrogen-bond acceptors (Lipinski definition) is 7. The van der Waals surface area contributed by atoms with Crippen LogP contribution in [0.4, 0.5) is 4.79 Å². The molecule has 0 aliphatic heterocycles. The molecule has 0 radical (unpaired) electrons. The van der Waals surface area contributed by atoms with Crippen LogP contribution in [0.3, 0.4) is 0 Å². The number of alkyl carbamates (subject to hydrolysis) is 1. The van der Waals surface area contributed by atoms with Crippen LogP contribution in [-0.2, 0) is 4.74 Å². The third kappa shape index (κ3) is 4.24. The summed E-state index contributed by atoms with van der Waals surface area (Å²) in [4.78, 5) is 35.1. The smallest absolute Gasteiger partial charge is 0.408 e. The number of primary amides is 1. The first kappa shape index (κ1) is 17.3. The number of nitrogens with two attached hydrogens (primary N) is 1. The largest absolute Gasteiger partial charge is 0.444 e. The number of hydrogen-bond donors (Lipinski definition) is 2. The van der Waals surface area contributed by atoms with E-state index in [1.165, 1.54) is 23.4 Å². The van der Waals surface area contributed by atoms with Gasteiger partial charge in [0.2, 0.25) is 0 Å². The van der Waals surface area contributed by atoms with Crippen LogP contribution >= 0.6 is 0 Å². The monoisotopic (exact) mass is 333 g/mol. The predicted molar refractivity (Wildman–Crippen MR) is 83.3 cm³/mol. The molecule has 10 nitrogen and oxygen atoms in total. The molecule has 2 heterocycles. The molecule has 0 aliphatic rings. The summed E-state index contributed by atoms with van der Waals surface area (Å²) < 4.78 is 6.59. The van der Waals surface area contributed by atoms with Gasteiger partial charge in [0.25, 0.3) is 5.91 Å². The van der Waals surface area contributed by atoms with Gasteiger partial charge < -0.3 is 15.8 Å². The molecule has 0 saturated carbocycles. The molecule has 0 spiro atoms. The van der Waals surface area contributed by atoms with E-state index in [-0.39, 0.29) is 5.69 Å². The Labute approximate surface area is 138 Å². The van der Waals surface area contributed by atoms with Crippen molar-refractivity contribution in [3.8, 4) is 5.82 Å². The van der Waals surface area contributed by atoms with Crippen LogP contribution in [0.2, 0.25) is 0 Å². The van der Waals surface area contributed by atoms with Crippen molar-refractivity contribution in [2.45, 2.75) is 39.3 Å². The first-order chi connectivity index (χ1) is 11.2. The van der Waals surface area contributed by atoms with E-state index < -0.39 is 23.6 Å². The average Bonchev–Trinajstić information content (AvgIpc) is 2.94. The summed E-state index contributed by atoms with van der Waals surface area (Å²) in [5, 5.41) is 6.73. The summed E-state index contributed by atoms with van der Waals surface area (Å²) in [5.74, 6) is 0.0411. The summed E-state index contributed by atoms with van der Waals surface area (Å²) in [5.41, 5.74) is 4.65. The highest BCUT2D eigenvalue weighted by Crippen LogP contribution is 2.15. The second-order valence-corrected chi connectivity index (χ2v) is 6.02. The van der Waals surface area contributed by atoms with Gasteiger partial charge in [-0.1, -0.05) is 0 Å². The van der Waals surface area contributed by atoms with Crippen molar-refractivity contribution in [1.82, 2.24) is 30.0 Å². The maximum absolute atomic E-state index is 11.9. The molecule has 2 aromatic rings. The molecule has 24 heavy (non-hydrogen) atoms. The number of nitrogens with zero attached hydrogens (tertiary/aromatic N) is 5. The van der Waals surface area contributed by atoms with Crippen molar-refractivity contribution in [1.29, 1.82) is 0 Å². The van der Waals surface area contributed by atoms with Gasteiger partial charge in [-0.25, -0.2) is 19.7 Å². The third-order valence-electron chi connectivity index (χ3n) is 2.82. The molecular formula is C14H19N7O3. The van der Waals surface area contributed by atoms with Gasteiger partial charge in [0, 0.05) is 6.07 Å². The lowest BCUT2D eigenvalue weighted by atomic mass is 10.2. The lowest BCUT2D eigenvalue weighted by Gasteiger charge is -2.21. The van der Waals surface area contributed by atoms with E-state index in [1.54, 1.807) is 27.7 Å². The minimum Gasteiger partial charge on any atom is -0.444 e. The second kappa shape index (κ2) is 6.60. The van der Waals surface area contributed by atoms with E-state index in [2.05, 4.69) is 25.4 Å². The number of ether oxygens (including phenoxy) is 1. The Morgan fingerprint density at radius 2 is 1.96 bits per heavy atom. The maximum atomic E-state index is 11.9. The molecule has 0 saturated heterocycles. The van der Waals surface area contributed by atoms with Crippen LogP contribution in [0.25, 0.3) is 5.82 Å². The zero-order valence-corrected chi connectivity index (χ0v) is 13.8. The fourth-order valence-electron chi connectivity index (χ4n) is 1.87. The Bertz CT molecular complexity index is 751. The molecule has 3 N–H and O–H groups in total. The Kier molecular flexibility index (Phi) is 4.77. The van der Waals surface area contributed by atoms with Crippen molar-refractivity contribution in [3.63, 3.8) is 0 Å². The topological polar surface area (TPSA) is 138 Å². The fourth-order valence-corrected chi connectivity index (χ4v) is 1.87. The van der Waals surface area contributed by atoms with Crippen molar-refractivity contribution in [2.75, 3.05) is 0 Å². The van der Waals surface area contributed by atoms with E-state index in [0.717, 1.165) is 0 Å². The van der Waals surface area contributed by atoms with Gasteiger partial charge in [0.15, 0.2) is 11.6 Å². The Morgan fingerprint density at radius 1 is 1.25 bits per heavy atom. The van der Waals surface area contributed by atoms with Gasteiger partial charge in [-0.15, -0.1) is 0 Å². The predicted octanol–water partition coefficient (Wildman–Crippen LogP) is 0.742. The molecule has 2 amide bonds. The quantitative estimate of drug-likeness (QED) is 0.841. The van der Waals surface area contributed by atoms with Crippen molar-refractivity contribution >= 4 is 12.0 Å². The molecule has 0 fully saturated rings. The highest BCUT2D eigenvalue weighted by atomic mass is 16.6. The Balaban J connectivity index is 2.22. The lowest BCUT2D eigenvalue weighted by molar-refractivity contribution is 0.0505. The molecule has 10 heteroatoms. The number of rotatable bonds is 4. The molecule has 1 unspecified atom stereocenters. The molecular weight excluding hydrogens is 314 g/mol. The van der Waals surface area contributed by atoms with Gasteiger partial charge >= 0.3 is 6.09 Å². The first-order valence-corrected chi connectivity index (χ1v) is 7.19. The maximum Gasteiger partial charge on any atom is 0.408 e.